The number of ether oxygens (including phenoxy) is 4. The second-order valence-electron chi connectivity index (χ2n) is 8.26. The van der Waals surface area contributed by atoms with E-state index in [9.17, 15) is 9.59 Å². The molecule has 0 aromatic heterocycles. The summed E-state index contributed by atoms with van der Waals surface area (Å²) in [6.07, 6.45) is 3.13. The van der Waals surface area contributed by atoms with Gasteiger partial charge < -0.3 is 23.8 Å². The average Bonchev–Trinajstić information content (AvgIpc) is 2.85. The number of methoxy groups -OCH3 is 4. The maximum absolute atomic E-state index is 13.0. The van der Waals surface area contributed by atoms with Crippen LogP contribution in [0.15, 0.2) is 30.3 Å². The van der Waals surface area contributed by atoms with E-state index in [2.05, 4.69) is 0 Å². The number of nitrogens with zero attached hydrogens (tertiary/aromatic N) is 1. The Morgan fingerprint density at radius 1 is 0.939 bits per heavy atom. The van der Waals surface area contributed by atoms with Gasteiger partial charge in [-0.3, -0.25) is 9.59 Å². The van der Waals surface area contributed by atoms with Crippen LogP contribution in [0.25, 0.3) is 0 Å². The lowest BCUT2D eigenvalue weighted by molar-refractivity contribution is -0.130. The van der Waals surface area contributed by atoms with Crippen LogP contribution in [0.3, 0.4) is 0 Å². The van der Waals surface area contributed by atoms with E-state index < -0.39 is 0 Å². The SMILES string of the molecule is COc1ccc(CCN(C)C(=O)CCC2CCc3cc(OC)c(OC)cc3C2=O)cc1OC. The van der Waals surface area contributed by atoms with Crippen molar-refractivity contribution in [3.8, 4) is 23.0 Å². The molecule has 1 aliphatic carbocycles. The van der Waals surface area contributed by atoms with Crippen LogP contribution in [0.4, 0.5) is 0 Å². The summed E-state index contributed by atoms with van der Waals surface area (Å²) < 4.78 is 21.3. The molecule has 1 amide bonds. The third-order valence-corrected chi connectivity index (χ3v) is 6.32. The number of amides is 1. The first-order chi connectivity index (χ1) is 15.9. The van der Waals surface area contributed by atoms with E-state index >= 15 is 0 Å². The summed E-state index contributed by atoms with van der Waals surface area (Å²) in [5.74, 6) is 2.51. The van der Waals surface area contributed by atoms with Crippen molar-refractivity contribution in [2.24, 2.45) is 5.92 Å². The molecule has 0 bridgehead atoms. The highest BCUT2D eigenvalue weighted by Gasteiger charge is 2.29. The van der Waals surface area contributed by atoms with E-state index in [1.165, 1.54) is 0 Å². The topological polar surface area (TPSA) is 74.3 Å². The van der Waals surface area contributed by atoms with Gasteiger partial charge in [0.15, 0.2) is 28.8 Å². The molecule has 7 heteroatoms. The average molecular weight is 456 g/mol. The quantitative estimate of drug-likeness (QED) is 0.540. The molecule has 1 atom stereocenters. The first-order valence-corrected chi connectivity index (χ1v) is 11.2. The number of ketones is 1. The lowest BCUT2D eigenvalue weighted by Crippen LogP contribution is -2.30. The van der Waals surface area contributed by atoms with Gasteiger partial charge in [0.05, 0.1) is 28.4 Å². The van der Waals surface area contributed by atoms with E-state index in [1.54, 1.807) is 46.5 Å². The summed E-state index contributed by atoms with van der Waals surface area (Å²) in [7, 11) is 8.16. The maximum atomic E-state index is 13.0. The third kappa shape index (κ3) is 5.59. The number of Topliss-reactive ketones (excluding diaryl/α,β-unsaturated/α-hetero) is 1. The molecule has 0 N–H and O–H groups in total. The Labute approximate surface area is 195 Å². The van der Waals surface area contributed by atoms with Gasteiger partial charge in [0.2, 0.25) is 5.91 Å². The highest BCUT2D eigenvalue weighted by atomic mass is 16.5. The molecule has 7 nitrogen and oxygen atoms in total. The Balaban J connectivity index is 1.55. The van der Waals surface area contributed by atoms with E-state index in [4.69, 9.17) is 18.9 Å². The zero-order chi connectivity index (χ0) is 24.0. The molecule has 0 radical (unpaired) electrons. The molecule has 0 spiro atoms. The number of hydrogen-bond acceptors (Lipinski definition) is 6. The van der Waals surface area contributed by atoms with E-state index in [1.807, 2.05) is 24.3 Å². The minimum atomic E-state index is -0.154. The second kappa shape index (κ2) is 11.1. The predicted molar refractivity (Wildman–Crippen MR) is 126 cm³/mol. The summed E-state index contributed by atoms with van der Waals surface area (Å²) in [6, 6.07) is 9.42. The van der Waals surface area contributed by atoms with Crippen LogP contribution < -0.4 is 18.9 Å². The molecule has 1 unspecified atom stereocenters. The fourth-order valence-electron chi connectivity index (χ4n) is 4.26. The highest BCUT2D eigenvalue weighted by Crippen LogP contribution is 2.36. The van der Waals surface area contributed by atoms with E-state index in [0.717, 1.165) is 24.0 Å². The number of fused-ring (bicyclic) bond motifs is 1. The Kier molecular flexibility index (Phi) is 8.20. The number of rotatable bonds is 10. The van der Waals surface area contributed by atoms with Crippen LogP contribution in [0.2, 0.25) is 0 Å². The number of carbonyl (C=O) groups excluding carboxylic acids is 2. The minimum absolute atomic E-state index is 0.0429. The molecule has 0 fully saturated rings. The molecule has 2 aromatic carbocycles. The second-order valence-corrected chi connectivity index (χ2v) is 8.26. The van der Waals surface area contributed by atoms with Crippen LogP contribution in [-0.2, 0) is 17.6 Å². The molecule has 0 heterocycles. The van der Waals surface area contributed by atoms with Crippen LogP contribution >= 0.6 is 0 Å². The van der Waals surface area contributed by atoms with Gasteiger partial charge in [-0.15, -0.1) is 0 Å². The van der Waals surface area contributed by atoms with Crippen molar-refractivity contribution in [1.29, 1.82) is 0 Å². The monoisotopic (exact) mass is 455 g/mol. The molecule has 33 heavy (non-hydrogen) atoms. The summed E-state index contributed by atoms with van der Waals surface area (Å²) in [5, 5.41) is 0. The predicted octanol–water partition coefficient (Wildman–Crippen LogP) is 3.95. The molecule has 2 aromatic rings. The Bertz CT molecular complexity index is 1000. The van der Waals surface area contributed by atoms with E-state index in [0.29, 0.717) is 54.4 Å². The van der Waals surface area contributed by atoms with Gasteiger partial charge in [-0.2, -0.15) is 0 Å². The van der Waals surface area contributed by atoms with Crippen LogP contribution in [0.1, 0.15) is 40.7 Å². The number of likely N-dealkylation sites (N-methyl/N-ethyl adjacent to an activating group) is 1. The Morgan fingerprint density at radius 3 is 2.24 bits per heavy atom. The lowest BCUT2D eigenvalue weighted by Gasteiger charge is -2.25. The fourth-order valence-corrected chi connectivity index (χ4v) is 4.26. The van der Waals surface area contributed by atoms with Gasteiger partial charge >= 0.3 is 0 Å². The highest BCUT2D eigenvalue weighted by molar-refractivity contribution is 6.01. The van der Waals surface area contributed by atoms with Crippen LogP contribution in [-0.4, -0.2) is 58.6 Å². The van der Waals surface area contributed by atoms with Gasteiger partial charge in [0.25, 0.3) is 0 Å². The molecule has 178 valence electrons. The van der Waals surface area contributed by atoms with Crippen molar-refractivity contribution in [1.82, 2.24) is 4.90 Å². The fraction of sp³-hybridized carbons (Fsp3) is 0.462. The summed E-state index contributed by atoms with van der Waals surface area (Å²) in [6.45, 7) is 0.590. The Morgan fingerprint density at radius 2 is 1.58 bits per heavy atom. The van der Waals surface area contributed by atoms with Gasteiger partial charge in [-0.05, 0) is 61.1 Å². The van der Waals surface area contributed by atoms with Gasteiger partial charge in [0, 0.05) is 31.5 Å². The van der Waals surface area contributed by atoms with Crippen molar-refractivity contribution < 1.29 is 28.5 Å². The summed E-state index contributed by atoms with van der Waals surface area (Å²) >= 11 is 0. The molecule has 0 saturated carbocycles. The smallest absolute Gasteiger partial charge is 0.222 e. The summed E-state index contributed by atoms with van der Waals surface area (Å²) in [5.41, 5.74) is 2.72. The van der Waals surface area contributed by atoms with Crippen LogP contribution in [0.5, 0.6) is 23.0 Å². The molecular weight excluding hydrogens is 422 g/mol. The first-order valence-electron chi connectivity index (χ1n) is 11.2. The third-order valence-electron chi connectivity index (χ3n) is 6.32. The van der Waals surface area contributed by atoms with Crippen molar-refractivity contribution >= 4 is 11.7 Å². The largest absolute Gasteiger partial charge is 0.493 e. The van der Waals surface area contributed by atoms with Gasteiger partial charge in [-0.1, -0.05) is 6.07 Å². The lowest BCUT2D eigenvalue weighted by atomic mass is 9.80. The first kappa shape index (κ1) is 24.4. The zero-order valence-electron chi connectivity index (χ0n) is 20.1. The van der Waals surface area contributed by atoms with Crippen molar-refractivity contribution in [2.45, 2.75) is 32.1 Å². The zero-order valence-corrected chi connectivity index (χ0v) is 20.1. The van der Waals surface area contributed by atoms with Crippen molar-refractivity contribution in [2.75, 3.05) is 42.0 Å². The number of benzene rings is 2. The van der Waals surface area contributed by atoms with Gasteiger partial charge in [-0.25, -0.2) is 0 Å². The molecule has 1 aliphatic rings. The minimum Gasteiger partial charge on any atom is -0.493 e. The molecule has 0 saturated heterocycles. The number of aryl methyl sites for hydroxylation is 1. The number of carbonyl (C=O) groups is 2. The van der Waals surface area contributed by atoms with Crippen molar-refractivity contribution in [3.05, 3.63) is 47.0 Å². The van der Waals surface area contributed by atoms with E-state index in [-0.39, 0.29) is 17.6 Å². The molecular formula is C26H33NO6. The normalized spacial score (nSPS) is 14.9. The maximum Gasteiger partial charge on any atom is 0.222 e. The molecule has 3 rings (SSSR count). The molecule has 0 aliphatic heterocycles. The number of hydrogen-bond donors (Lipinski definition) is 0. The van der Waals surface area contributed by atoms with Crippen molar-refractivity contribution in [3.63, 3.8) is 0 Å². The standard InChI is InChI=1S/C26H33NO6/c1-27(13-12-17-6-10-21(30-2)22(14-17)31-3)25(28)11-9-18-7-8-19-15-23(32-4)24(33-5)16-20(19)26(18)29/h6,10,14-16,18H,7-9,11-13H2,1-5H3. The summed E-state index contributed by atoms with van der Waals surface area (Å²) in [4.78, 5) is 27.5. The Hall–Kier alpha value is -3.22. The van der Waals surface area contributed by atoms with Crippen LogP contribution in [0, 0.1) is 5.92 Å². The van der Waals surface area contributed by atoms with Gasteiger partial charge in [0.1, 0.15) is 0 Å².